The van der Waals surface area contributed by atoms with Crippen LogP contribution in [0.4, 0.5) is 0 Å². The molecule has 0 saturated carbocycles. The number of allylic oxidation sites excluding steroid dienone is 2. The SMILES string of the molecule is CC1=CC(CN=C(N)N=C(N)N(C)C)=CC1. The Balaban J connectivity index is 2.55. The molecule has 88 valence electrons. The van der Waals surface area contributed by atoms with E-state index >= 15 is 0 Å². The van der Waals surface area contributed by atoms with E-state index in [4.69, 9.17) is 11.5 Å². The molecule has 0 radical (unpaired) electrons. The minimum absolute atomic E-state index is 0.213. The molecule has 16 heavy (non-hydrogen) atoms. The predicted molar refractivity (Wildman–Crippen MR) is 68.3 cm³/mol. The number of nitrogens with two attached hydrogens (primary N) is 2. The summed E-state index contributed by atoms with van der Waals surface area (Å²) < 4.78 is 0. The van der Waals surface area contributed by atoms with E-state index in [0.29, 0.717) is 12.5 Å². The zero-order chi connectivity index (χ0) is 12.1. The maximum atomic E-state index is 5.63. The number of guanidine groups is 2. The summed E-state index contributed by atoms with van der Waals surface area (Å²) in [5.41, 5.74) is 13.8. The average molecular weight is 221 g/mol. The fourth-order valence-electron chi connectivity index (χ4n) is 1.26. The second-order valence-corrected chi connectivity index (χ2v) is 4.01. The van der Waals surface area contributed by atoms with Gasteiger partial charge in [0.05, 0.1) is 6.54 Å². The van der Waals surface area contributed by atoms with Crippen LogP contribution in [-0.2, 0) is 0 Å². The number of rotatable bonds is 2. The third-order valence-electron chi connectivity index (χ3n) is 2.23. The van der Waals surface area contributed by atoms with Gasteiger partial charge in [0.25, 0.3) is 0 Å². The molecular formula is C11H19N5. The van der Waals surface area contributed by atoms with E-state index in [9.17, 15) is 0 Å². The monoisotopic (exact) mass is 221 g/mol. The maximum absolute atomic E-state index is 5.63. The van der Waals surface area contributed by atoms with Crippen molar-refractivity contribution >= 4 is 11.9 Å². The van der Waals surface area contributed by atoms with E-state index in [0.717, 1.165) is 6.42 Å². The van der Waals surface area contributed by atoms with Gasteiger partial charge in [0.2, 0.25) is 5.96 Å². The van der Waals surface area contributed by atoms with E-state index in [1.165, 1.54) is 11.1 Å². The first kappa shape index (κ1) is 12.3. The van der Waals surface area contributed by atoms with Gasteiger partial charge in [-0.1, -0.05) is 17.7 Å². The van der Waals surface area contributed by atoms with Crippen LogP contribution in [0.3, 0.4) is 0 Å². The minimum Gasteiger partial charge on any atom is -0.369 e. The molecule has 0 spiro atoms. The zero-order valence-electron chi connectivity index (χ0n) is 10.1. The number of nitrogens with zero attached hydrogens (tertiary/aromatic N) is 3. The molecule has 0 amide bonds. The molecule has 1 rings (SSSR count). The van der Waals surface area contributed by atoms with E-state index in [1.54, 1.807) is 19.0 Å². The van der Waals surface area contributed by atoms with Gasteiger partial charge in [0, 0.05) is 14.1 Å². The topological polar surface area (TPSA) is 80.0 Å². The van der Waals surface area contributed by atoms with E-state index in [-0.39, 0.29) is 5.96 Å². The summed E-state index contributed by atoms with van der Waals surface area (Å²) in [6.45, 7) is 2.66. The van der Waals surface area contributed by atoms with Gasteiger partial charge in [-0.05, 0) is 18.9 Å². The largest absolute Gasteiger partial charge is 0.369 e. The Bertz CT molecular complexity index is 374. The van der Waals surface area contributed by atoms with Gasteiger partial charge in [-0.15, -0.1) is 0 Å². The lowest BCUT2D eigenvalue weighted by Gasteiger charge is -2.09. The fourth-order valence-corrected chi connectivity index (χ4v) is 1.26. The Kier molecular flexibility index (Phi) is 4.10. The molecule has 4 N–H and O–H groups in total. The average Bonchev–Trinajstić information content (AvgIpc) is 2.61. The third-order valence-corrected chi connectivity index (χ3v) is 2.23. The molecule has 0 bridgehead atoms. The lowest BCUT2D eigenvalue weighted by atomic mass is 10.3. The lowest BCUT2D eigenvalue weighted by Crippen LogP contribution is -2.32. The van der Waals surface area contributed by atoms with Crippen LogP contribution in [-0.4, -0.2) is 37.5 Å². The molecule has 0 aliphatic heterocycles. The van der Waals surface area contributed by atoms with E-state index in [1.807, 2.05) is 0 Å². The molecular weight excluding hydrogens is 202 g/mol. The summed E-state index contributed by atoms with van der Waals surface area (Å²) in [4.78, 5) is 9.79. The van der Waals surface area contributed by atoms with Crippen molar-refractivity contribution in [3.8, 4) is 0 Å². The molecule has 5 heteroatoms. The first-order valence-electron chi connectivity index (χ1n) is 5.16. The fraction of sp³-hybridized carbons (Fsp3) is 0.455. The molecule has 0 atom stereocenters. The Morgan fingerprint density at radius 3 is 2.62 bits per heavy atom. The van der Waals surface area contributed by atoms with Crippen LogP contribution in [0.2, 0.25) is 0 Å². The molecule has 0 aromatic carbocycles. The molecule has 1 aliphatic carbocycles. The summed E-state index contributed by atoms with van der Waals surface area (Å²) >= 11 is 0. The summed E-state index contributed by atoms with van der Waals surface area (Å²) in [6, 6.07) is 0. The zero-order valence-corrected chi connectivity index (χ0v) is 10.1. The van der Waals surface area contributed by atoms with E-state index < -0.39 is 0 Å². The van der Waals surface area contributed by atoms with Crippen molar-refractivity contribution in [3.63, 3.8) is 0 Å². The Morgan fingerprint density at radius 1 is 1.44 bits per heavy atom. The second kappa shape index (κ2) is 5.34. The van der Waals surface area contributed by atoms with Gasteiger partial charge >= 0.3 is 0 Å². The van der Waals surface area contributed by atoms with E-state index in [2.05, 4.69) is 29.1 Å². The van der Waals surface area contributed by atoms with Crippen LogP contribution in [0.5, 0.6) is 0 Å². The molecule has 0 saturated heterocycles. The molecule has 0 fully saturated rings. The summed E-state index contributed by atoms with van der Waals surface area (Å²) in [6.07, 6.45) is 5.27. The van der Waals surface area contributed by atoms with Crippen LogP contribution in [0.25, 0.3) is 0 Å². The summed E-state index contributed by atoms with van der Waals surface area (Å²) in [5, 5.41) is 0. The number of aliphatic imine (C=N–C) groups is 2. The van der Waals surface area contributed by atoms with Crippen molar-refractivity contribution in [2.24, 2.45) is 21.5 Å². The Morgan fingerprint density at radius 2 is 2.12 bits per heavy atom. The molecule has 0 unspecified atom stereocenters. The van der Waals surface area contributed by atoms with Crippen molar-refractivity contribution < 1.29 is 0 Å². The van der Waals surface area contributed by atoms with Gasteiger partial charge in [-0.2, -0.15) is 4.99 Å². The molecule has 1 aliphatic rings. The number of hydrogen-bond donors (Lipinski definition) is 2. The highest BCUT2D eigenvalue weighted by Crippen LogP contribution is 2.16. The van der Waals surface area contributed by atoms with Crippen LogP contribution in [0.15, 0.2) is 33.3 Å². The smallest absolute Gasteiger partial charge is 0.218 e. The van der Waals surface area contributed by atoms with Crippen molar-refractivity contribution in [3.05, 3.63) is 23.3 Å². The standard InChI is InChI=1S/C11H19N5/c1-8-4-5-9(6-8)7-14-10(12)15-11(13)16(2)3/h5-6H,4,7H2,1-3H3,(H4,12,13,14,15). The van der Waals surface area contributed by atoms with Gasteiger partial charge < -0.3 is 16.4 Å². The first-order valence-corrected chi connectivity index (χ1v) is 5.16. The third kappa shape index (κ3) is 3.76. The van der Waals surface area contributed by atoms with Crippen molar-refractivity contribution in [2.45, 2.75) is 13.3 Å². The van der Waals surface area contributed by atoms with Crippen molar-refractivity contribution in [1.82, 2.24) is 4.90 Å². The Hall–Kier alpha value is -1.78. The van der Waals surface area contributed by atoms with Gasteiger partial charge in [-0.3, -0.25) is 0 Å². The quantitative estimate of drug-likeness (QED) is 0.525. The van der Waals surface area contributed by atoms with Gasteiger partial charge in [-0.25, -0.2) is 4.99 Å². The van der Waals surface area contributed by atoms with Crippen LogP contribution >= 0.6 is 0 Å². The normalized spacial score (nSPS) is 17.2. The Labute approximate surface area is 96.2 Å². The van der Waals surface area contributed by atoms with Crippen LogP contribution < -0.4 is 11.5 Å². The van der Waals surface area contributed by atoms with Gasteiger partial charge in [0.1, 0.15) is 0 Å². The lowest BCUT2D eigenvalue weighted by molar-refractivity contribution is 0.615. The van der Waals surface area contributed by atoms with Gasteiger partial charge in [0.15, 0.2) is 5.96 Å². The summed E-state index contributed by atoms with van der Waals surface area (Å²) in [5.74, 6) is 0.568. The predicted octanol–water partition coefficient (Wildman–Crippen LogP) is 0.454. The highest BCUT2D eigenvalue weighted by molar-refractivity contribution is 5.93. The second-order valence-electron chi connectivity index (χ2n) is 4.01. The van der Waals surface area contributed by atoms with Crippen LogP contribution in [0, 0.1) is 0 Å². The molecule has 0 aromatic rings. The minimum atomic E-state index is 0.213. The van der Waals surface area contributed by atoms with Crippen molar-refractivity contribution in [1.29, 1.82) is 0 Å². The van der Waals surface area contributed by atoms with Crippen LogP contribution in [0.1, 0.15) is 13.3 Å². The molecule has 0 heterocycles. The highest BCUT2D eigenvalue weighted by Gasteiger charge is 2.02. The van der Waals surface area contributed by atoms with Crippen molar-refractivity contribution in [2.75, 3.05) is 20.6 Å². The molecule has 0 aromatic heterocycles. The first-order chi connectivity index (χ1) is 7.49. The molecule has 5 nitrogen and oxygen atoms in total. The number of hydrogen-bond acceptors (Lipinski definition) is 1. The highest BCUT2D eigenvalue weighted by atomic mass is 15.2. The maximum Gasteiger partial charge on any atom is 0.218 e. The summed E-state index contributed by atoms with van der Waals surface area (Å²) in [7, 11) is 3.61.